The van der Waals surface area contributed by atoms with Crippen LogP contribution in [0.2, 0.25) is 0 Å². The number of fused-ring (bicyclic) bond motifs is 1. The molecule has 4 rings (SSSR count). The molecule has 0 radical (unpaired) electrons. The maximum absolute atomic E-state index is 12.9. The second-order valence-electron chi connectivity index (χ2n) is 6.53. The van der Waals surface area contributed by atoms with Crippen molar-refractivity contribution in [2.24, 2.45) is 10.3 Å². The third-order valence-electron chi connectivity index (χ3n) is 4.58. The Kier molecular flexibility index (Phi) is 3.60. The number of anilines is 1. The van der Waals surface area contributed by atoms with Gasteiger partial charge in [-0.05, 0) is 31.5 Å². The molecule has 2 aromatic rings. The first-order valence-corrected chi connectivity index (χ1v) is 8.22. The standard InChI is InChI=1S/C19H18N4O2/c1-12-6-8-15(9-7-12)23-18(24)16-17(19(23)25)22(21-20-16)11-14-5-3-4-13(2)10-14/h3-10,16-17H,11H2,1-2H3/t16-,17-/m1/s1. The van der Waals surface area contributed by atoms with E-state index in [1.807, 2.05) is 50.2 Å². The molecule has 2 aliphatic heterocycles. The fourth-order valence-corrected chi connectivity index (χ4v) is 3.30. The summed E-state index contributed by atoms with van der Waals surface area (Å²) >= 11 is 0. The third kappa shape index (κ3) is 2.59. The van der Waals surface area contributed by atoms with E-state index in [2.05, 4.69) is 10.3 Å². The van der Waals surface area contributed by atoms with E-state index in [0.717, 1.165) is 16.7 Å². The van der Waals surface area contributed by atoms with Crippen molar-refractivity contribution in [3.63, 3.8) is 0 Å². The molecule has 6 heteroatoms. The molecule has 0 saturated carbocycles. The van der Waals surface area contributed by atoms with Crippen molar-refractivity contribution in [1.82, 2.24) is 5.01 Å². The predicted octanol–water partition coefficient (Wildman–Crippen LogP) is 2.80. The highest BCUT2D eigenvalue weighted by atomic mass is 16.2. The van der Waals surface area contributed by atoms with Gasteiger partial charge in [0.15, 0.2) is 12.1 Å². The summed E-state index contributed by atoms with van der Waals surface area (Å²) in [4.78, 5) is 26.8. The van der Waals surface area contributed by atoms with E-state index < -0.39 is 12.1 Å². The number of amides is 2. The molecule has 0 spiro atoms. The minimum Gasteiger partial charge on any atom is -0.271 e. The van der Waals surface area contributed by atoms with Gasteiger partial charge in [0.1, 0.15) is 0 Å². The SMILES string of the molecule is Cc1ccc(N2C(=O)[C@@H]3N=NN(Cc4cccc(C)c4)[C@H]3C2=O)cc1. The van der Waals surface area contributed by atoms with Crippen molar-refractivity contribution in [2.75, 3.05) is 4.90 Å². The van der Waals surface area contributed by atoms with Crippen LogP contribution in [-0.2, 0) is 16.1 Å². The maximum Gasteiger partial charge on any atom is 0.263 e. The molecular formula is C19H18N4O2. The van der Waals surface area contributed by atoms with Crippen LogP contribution in [0.5, 0.6) is 0 Å². The predicted molar refractivity (Wildman–Crippen MR) is 92.8 cm³/mol. The number of benzene rings is 2. The quantitative estimate of drug-likeness (QED) is 0.811. The average Bonchev–Trinajstić information content (AvgIpc) is 3.10. The minimum atomic E-state index is -0.751. The van der Waals surface area contributed by atoms with Crippen LogP contribution in [0, 0.1) is 13.8 Å². The molecule has 1 saturated heterocycles. The highest BCUT2D eigenvalue weighted by Crippen LogP contribution is 2.32. The first-order valence-electron chi connectivity index (χ1n) is 8.22. The van der Waals surface area contributed by atoms with E-state index in [0.29, 0.717) is 12.2 Å². The van der Waals surface area contributed by atoms with Crippen LogP contribution in [0.3, 0.4) is 0 Å². The number of imide groups is 1. The third-order valence-corrected chi connectivity index (χ3v) is 4.58. The Morgan fingerprint density at radius 3 is 2.44 bits per heavy atom. The Balaban J connectivity index is 1.60. The molecular weight excluding hydrogens is 316 g/mol. The molecule has 6 nitrogen and oxygen atoms in total. The molecule has 25 heavy (non-hydrogen) atoms. The van der Waals surface area contributed by atoms with Gasteiger partial charge >= 0.3 is 0 Å². The van der Waals surface area contributed by atoms with Gasteiger partial charge in [0, 0.05) is 0 Å². The van der Waals surface area contributed by atoms with Gasteiger partial charge in [-0.15, -0.1) is 0 Å². The lowest BCUT2D eigenvalue weighted by Crippen LogP contribution is -2.39. The molecule has 0 unspecified atom stereocenters. The second-order valence-corrected chi connectivity index (χ2v) is 6.53. The Labute approximate surface area is 145 Å². The summed E-state index contributed by atoms with van der Waals surface area (Å²) in [7, 11) is 0. The molecule has 2 aromatic carbocycles. The van der Waals surface area contributed by atoms with Gasteiger partial charge in [-0.1, -0.05) is 52.7 Å². The van der Waals surface area contributed by atoms with Crippen LogP contribution in [0.25, 0.3) is 0 Å². The summed E-state index contributed by atoms with van der Waals surface area (Å²) in [6.45, 7) is 4.43. The molecule has 1 fully saturated rings. The van der Waals surface area contributed by atoms with Crippen LogP contribution < -0.4 is 4.90 Å². The Bertz CT molecular complexity index is 875. The van der Waals surface area contributed by atoms with Crippen molar-refractivity contribution in [1.29, 1.82) is 0 Å². The fraction of sp³-hybridized carbons (Fsp3) is 0.263. The molecule has 2 amide bonds. The van der Waals surface area contributed by atoms with Crippen LogP contribution in [-0.4, -0.2) is 28.9 Å². The number of carbonyl (C=O) groups is 2. The summed E-state index contributed by atoms with van der Waals surface area (Å²) in [6, 6.07) is 13.9. The zero-order valence-electron chi connectivity index (χ0n) is 14.1. The van der Waals surface area contributed by atoms with E-state index >= 15 is 0 Å². The van der Waals surface area contributed by atoms with Gasteiger partial charge in [-0.25, -0.2) is 4.90 Å². The zero-order valence-corrected chi connectivity index (χ0v) is 14.1. The molecule has 126 valence electrons. The van der Waals surface area contributed by atoms with E-state index in [1.54, 1.807) is 17.1 Å². The number of aryl methyl sites for hydroxylation is 2. The molecule has 0 N–H and O–H groups in total. The lowest BCUT2D eigenvalue weighted by molar-refractivity contribution is -0.123. The zero-order chi connectivity index (χ0) is 17.6. The summed E-state index contributed by atoms with van der Waals surface area (Å²) in [5, 5.41) is 9.76. The number of hydrogen-bond acceptors (Lipinski definition) is 5. The first-order chi connectivity index (χ1) is 12.0. The number of hydrogen-bond donors (Lipinski definition) is 0. The van der Waals surface area contributed by atoms with E-state index in [9.17, 15) is 9.59 Å². The summed E-state index contributed by atoms with van der Waals surface area (Å²) < 4.78 is 0. The van der Waals surface area contributed by atoms with Crippen LogP contribution in [0.4, 0.5) is 5.69 Å². The minimum absolute atomic E-state index is 0.267. The van der Waals surface area contributed by atoms with Crippen LogP contribution >= 0.6 is 0 Å². The topological polar surface area (TPSA) is 65.3 Å². The monoisotopic (exact) mass is 334 g/mol. The Morgan fingerprint density at radius 2 is 1.72 bits per heavy atom. The molecule has 0 aromatic heterocycles. The second kappa shape index (κ2) is 5.81. The number of carbonyl (C=O) groups excluding carboxylic acids is 2. The normalized spacial score (nSPS) is 22.0. The molecule has 0 bridgehead atoms. The molecule has 2 heterocycles. The maximum atomic E-state index is 12.9. The van der Waals surface area contributed by atoms with Gasteiger partial charge < -0.3 is 0 Å². The van der Waals surface area contributed by atoms with Gasteiger partial charge in [0.05, 0.1) is 12.2 Å². The first kappa shape index (κ1) is 15.5. The fourth-order valence-electron chi connectivity index (χ4n) is 3.30. The van der Waals surface area contributed by atoms with Gasteiger partial charge in [-0.2, -0.15) is 5.11 Å². The van der Waals surface area contributed by atoms with Crippen molar-refractivity contribution in [2.45, 2.75) is 32.5 Å². The van der Waals surface area contributed by atoms with Crippen molar-refractivity contribution >= 4 is 17.5 Å². The average molecular weight is 334 g/mol. The summed E-state index contributed by atoms with van der Waals surface area (Å²) in [5.41, 5.74) is 3.83. The van der Waals surface area contributed by atoms with Gasteiger partial charge in [0.25, 0.3) is 11.8 Å². The largest absolute Gasteiger partial charge is 0.271 e. The molecule has 2 aliphatic rings. The van der Waals surface area contributed by atoms with Gasteiger partial charge in [0.2, 0.25) is 0 Å². The van der Waals surface area contributed by atoms with Crippen molar-refractivity contribution in [3.05, 3.63) is 65.2 Å². The lowest BCUT2D eigenvalue weighted by atomic mass is 10.1. The van der Waals surface area contributed by atoms with Crippen LogP contribution in [0.1, 0.15) is 16.7 Å². The lowest BCUT2D eigenvalue weighted by Gasteiger charge is -2.20. The van der Waals surface area contributed by atoms with Crippen LogP contribution in [0.15, 0.2) is 58.9 Å². The van der Waals surface area contributed by atoms with Crippen molar-refractivity contribution < 1.29 is 9.59 Å². The summed E-state index contributed by atoms with van der Waals surface area (Å²) in [5.74, 6) is -0.578. The van der Waals surface area contributed by atoms with E-state index in [1.165, 1.54) is 4.90 Å². The van der Waals surface area contributed by atoms with E-state index in [4.69, 9.17) is 0 Å². The smallest absolute Gasteiger partial charge is 0.263 e. The Morgan fingerprint density at radius 1 is 0.960 bits per heavy atom. The molecule has 2 atom stereocenters. The molecule has 0 aliphatic carbocycles. The highest BCUT2D eigenvalue weighted by molar-refractivity contribution is 6.25. The summed E-state index contributed by atoms with van der Waals surface area (Å²) in [6.07, 6.45) is 0. The van der Waals surface area contributed by atoms with Crippen molar-refractivity contribution in [3.8, 4) is 0 Å². The number of nitrogens with zero attached hydrogens (tertiary/aromatic N) is 4. The highest BCUT2D eigenvalue weighted by Gasteiger charge is 2.54. The Hall–Kier alpha value is -3.02. The number of rotatable bonds is 3. The van der Waals surface area contributed by atoms with Gasteiger partial charge in [-0.3, -0.25) is 14.6 Å². The van der Waals surface area contributed by atoms with E-state index in [-0.39, 0.29) is 11.8 Å².